The van der Waals surface area contributed by atoms with Crippen LogP contribution in [-0.2, 0) is 4.74 Å². The molecule has 164 valence electrons. The van der Waals surface area contributed by atoms with E-state index >= 15 is 0 Å². The van der Waals surface area contributed by atoms with Gasteiger partial charge in [0.15, 0.2) is 0 Å². The maximum absolute atomic E-state index is 6.63. The van der Waals surface area contributed by atoms with Gasteiger partial charge in [0, 0.05) is 0 Å². The van der Waals surface area contributed by atoms with Crippen molar-refractivity contribution < 1.29 is 4.74 Å². The molecule has 2 aliphatic rings. The third kappa shape index (κ3) is 5.70. The zero-order valence-corrected chi connectivity index (χ0v) is 19.3. The lowest BCUT2D eigenvalue weighted by Crippen LogP contribution is -2.15. The molecule has 0 amide bonds. The van der Waals surface area contributed by atoms with E-state index in [0.29, 0.717) is 0 Å². The monoisotopic (exact) mass is 430 g/mol. The van der Waals surface area contributed by atoms with Gasteiger partial charge in [-0.15, -0.1) is 0 Å². The summed E-state index contributed by atoms with van der Waals surface area (Å²) in [5.41, 5.74) is 4.83. The number of allylic oxidation sites excluding steroid dienone is 10. The molecule has 0 spiro atoms. The minimum Gasteiger partial charge on any atom is -0.464 e. The molecule has 2 aliphatic carbocycles. The van der Waals surface area contributed by atoms with Gasteiger partial charge in [-0.25, -0.2) is 0 Å². The molecule has 0 saturated heterocycles. The normalized spacial score (nSPS) is 22.8. The SMILES string of the molecule is CC=C1C=CC=C(OC2=CC=CC(=CC)C2C=Cc2ccccc2)C1C=Cc1ccccc1. The lowest BCUT2D eigenvalue weighted by atomic mass is 9.89. The molecule has 0 saturated carbocycles. The van der Waals surface area contributed by atoms with Crippen LogP contribution in [0, 0.1) is 11.8 Å². The van der Waals surface area contributed by atoms with Crippen LogP contribution in [0.15, 0.2) is 144 Å². The summed E-state index contributed by atoms with van der Waals surface area (Å²) < 4.78 is 6.63. The molecule has 4 rings (SSSR count). The number of hydrogen-bond donors (Lipinski definition) is 0. The third-order valence-corrected chi connectivity index (χ3v) is 5.89. The van der Waals surface area contributed by atoms with Gasteiger partial charge >= 0.3 is 0 Å². The van der Waals surface area contributed by atoms with Crippen molar-refractivity contribution in [2.45, 2.75) is 13.8 Å². The van der Waals surface area contributed by atoms with Crippen molar-refractivity contribution in [3.05, 3.63) is 155 Å². The predicted octanol–water partition coefficient (Wildman–Crippen LogP) is 8.46. The minimum absolute atomic E-state index is 0.0693. The highest BCUT2D eigenvalue weighted by Crippen LogP contribution is 2.35. The van der Waals surface area contributed by atoms with E-state index < -0.39 is 0 Å². The van der Waals surface area contributed by atoms with Gasteiger partial charge in [0.25, 0.3) is 0 Å². The summed E-state index contributed by atoms with van der Waals surface area (Å²) in [6, 6.07) is 20.8. The summed E-state index contributed by atoms with van der Waals surface area (Å²) >= 11 is 0. The van der Waals surface area contributed by atoms with E-state index in [0.717, 1.165) is 11.5 Å². The van der Waals surface area contributed by atoms with Crippen molar-refractivity contribution in [3.63, 3.8) is 0 Å². The van der Waals surface area contributed by atoms with E-state index in [2.05, 4.69) is 135 Å². The van der Waals surface area contributed by atoms with Crippen molar-refractivity contribution in [3.8, 4) is 0 Å². The van der Waals surface area contributed by atoms with Crippen molar-refractivity contribution >= 4 is 12.2 Å². The van der Waals surface area contributed by atoms with Gasteiger partial charge in [-0.3, -0.25) is 0 Å². The predicted molar refractivity (Wildman–Crippen MR) is 141 cm³/mol. The first-order valence-corrected chi connectivity index (χ1v) is 11.5. The molecular weight excluding hydrogens is 400 g/mol. The Morgan fingerprint density at radius 2 is 1.03 bits per heavy atom. The number of hydrogen-bond acceptors (Lipinski definition) is 1. The standard InChI is InChI=1S/C32H30O/c1-3-27-17-11-19-31(29(27)23-21-25-13-7-5-8-14-25)33-32-20-12-18-28(4-2)30(32)24-22-26-15-9-6-10-16-26/h3-24,29-30H,1-2H3. The lowest BCUT2D eigenvalue weighted by molar-refractivity contribution is 0.256. The smallest absolute Gasteiger partial charge is 0.115 e. The summed E-state index contributed by atoms with van der Waals surface area (Å²) in [7, 11) is 0. The van der Waals surface area contributed by atoms with E-state index in [1.807, 2.05) is 12.1 Å². The molecular formula is C32H30O. The van der Waals surface area contributed by atoms with E-state index in [-0.39, 0.29) is 11.8 Å². The molecule has 2 unspecified atom stereocenters. The molecule has 0 heterocycles. The van der Waals surface area contributed by atoms with Crippen LogP contribution in [0.5, 0.6) is 0 Å². The summed E-state index contributed by atoms with van der Waals surface area (Å²) in [5, 5.41) is 0. The van der Waals surface area contributed by atoms with E-state index in [4.69, 9.17) is 4.74 Å². The van der Waals surface area contributed by atoms with Crippen molar-refractivity contribution in [1.29, 1.82) is 0 Å². The third-order valence-electron chi connectivity index (χ3n) is 5.89. The van der Waals surface area contributed by atoms with Gasteiger partial charge in [0.1, 0.15) is 11.5 Å². The van der Waals surface area contributed by atoms with Gasteiger partial charge in [-0.05, 0) is 48.3 Å². The van der Waals surface area contributed by atoms with Crippen LogP contribution >= 0.6 is 0 Å². The Kier molecular flexibility index (Phi) is 7.56. The molecule has 0 radical (unpaired) electrons. The Morgan fingerprint density at radius 3 is 1.42 bits per heavy atom. The van der Waals surface area contributed by atoms with Crippen LogP contribution in [0.3, 0.4) is 0 Å². The van der Waals surface area contributed by atoms with Crippen LogP contribution in [-0.4, -0.2) is 0 Å². The second kappa shape index (κ2) is 11.2. The van der Waals surface area contributed by atoms with Crippen LogP contribution in [0.1, 0.15) is 25.0 Å². The molecule has 1 nitrogen and oxygen atoms in total. The molecule has 2 atom stereocenters. The Morgan fingerprint density at radius 1 is 0.606 bits per heavy atom. The molecule has 1 heteroatoms. The quantitative estimate of drug-likeness (QED) is 0.446. The molecule has 2 aromatic carbocycles. The zero-order chi connectivity index (χ0) is 22.9. The van der Waals surface area contributed by atoms with Crippen LogP contribution in [0.25, 0.3) is 12.2 Å². The Hall–Kier alpha value is -3.84. The largest absolute Gasteiger partial charge is 0.464 e. The minimum atomic E-state index is 0.0693. The van der Waals surface area contributed by atoms with Crippen LogP contribution in [0.2, 0.25) is 0 Å². The highest BCUT2D eigenvalue weighted by Gasteiger charge is 2.24. The van der Waals surface area contributed by atoms with Crippen molar-refractivity contribution in [1.82, 2.24) is 0 Å². The van der Waals surface area contributed by atoms with Crippen LogP contribution in [0.4, 0.5) is 0 Å². The lowest BCUT2D eigenvalue weighted by Gasteiger charge is -2.27. The van der Waals surface area contributed by atoms with E-state index in [9.17, 15) is 0 Å². The van der Waals surface area contributed by atoms with Gasteiger partial charge in [-0.2, -0.15) is 0 Å². The average Bonchev–Trinajstić information content (AvgIpc) is 2.88. The molecule has 2 aromatic rings. The molecule has 0 aromatic heterocycles. The molecule has 0 N–H and O–H groups in total. The fourth-order valence-corrected chi connectivity index (χ4v) is 4.09. The summed E-state index contributed by atoms with van der Waals surface area (Å²) in [6.45, 7) is 4.16. The topological polar surface area (TPSA) is 9.23 Å². The molecule has 33 heavy (non-hydrogen) atoms. The first-order valence-electron chi connectivity index (χ1n) is 11.5. The second-order valence-corrected chi connectivity index (χ2v) is 8.03. The maximum atomic E-state index is 6.63. The van der Waals surface area contributed by atoms with Gasteiger partial charge in [0.05, 0.1) is 11.8 Å². The summed E-state index contributed by atoms with van der Waals surface area (Å²) in [6.07, 6.45) is 25.7. The maximum Gasteiger partial charge on any atom is 0.115 e. The molecule has 0 aliphatic heterocycles. The average molecular weight is 431 g/mol. The van der Waals surface area contributed by atoms with E-state index in [1.165, 1.54) is 22.3 Å². The fraction of sp³-hybridized carbons (Fsp3) is 0.125. The Balaban J connectivity index is 1.61. The Labute approximate surface area is 197 Å². The number of rotatable bonds is 6. The fourth-order valence-electron chi connectivity index (χ4n) is 4.09. The summed E-state index contributed by atoms with van der Waals surface area (Å²) in [4.78, 5) is 0. The van der Waals surface area contributed by atoms with Crippen LogP contribution < -0.4 is 0 Å². The van der Waals surface area contributed by atoms with Gasteiger partial charge in [-0.1, -0.05) is 121 Å². The molecule has 0 fully saturated rings. The first-order chi connectivity index (χ1) is 16.3. The van der Waals surface area contributed by atoms with Crippen molar-refractivity contribution in [2.24, 2.45) is 11.8 Å². The van der Waals surface area contributed by atoms with Crippen molar-refractivity contribution in [2.75, 3.05) is 0 Å². The number of ether oxygens (including phenoxy) is 1. The van der Waals surface area contributed by atoms with Gasteiger partial charge < -0.3 is 4.74 Å². The highest BCUT2D eigenvalue weighted by atomic mass is 16.5. The first kappa shape index (κ1) is 22.4. The summed E-state index contributed by atoms with van der Waals surface area (Å²) in [5.74, 6) is 2.01. The Bertz CT molecular complexity index is 1090. The second-order valence-electron chi connectivity index (χ2n) is 8.03. The van der Waals surface area contributed by atoms with E-state index in [1.54, 1.807) is 0 Å². The molecule has 0 bridgehead atoms. The zero-order valence-electron chi connectivity index (χ0n) is 19.3. The number of benzene rings is 2. The van der Waals surface area contributed by atoms with Gasteiger partial charge in [0.2, 0.25) is 0 Å². The highest BCUT2D eigenvalue weighted by molar-refractivity contribution is 5.55.